The molecule has 1 amide bonds. The molecule has 0 unspecified atom stereocenters. The largest absolute Gasteiger partial charge is 0.349 e. The van der Waals surface area contributed by atoms with Crippen molar-refractivity contribution < 1.29 is 4.79 Å². The second kappa shape index (κ2) is 8.67. The molecule has 0 saturated carbocycles. The average Bonchev–Trinajstić information content (AvgIpc) is 3.18. The number of carbonyl (C=O) groups is 1. The van der Waals surface area contributed by atoms with E-state index in [1.165, 1.54) is 36.0 Å². The van der Waals surface area contributed by atoms with Crippen LogP contribution in [0.5, 0.6) is 0 Å². The van der Waals surface area contributed by atoms with Gasteiger partial charge in [-0.3, -0.25) is 9.69 Å². The fourth-order valence-electron chi connectivity index (χ4n) is 4.50. The molecule has 1 atom stereocenters. The number of halogens is 1. The fraction of sp³-hybridized carbons (Fsp3) is 0.458. The molecule has 2 aromatic rings. The van der Waals surface area contributed by atoms with Gasteiger partial charge in [-0.1, -0.05) is 48.0 Å². The van der Waals surface area contributed by atoms with Crippen molar-refractivity contribution in [3.05, 3.63) is 69.7 Å². The van der Waals surface area contributed by atoms with Gasteiger partial charge in [0.15, 0.2) is 0 Å². The van der Waals surface area contributed by atoms with Crippen molar-refractivity contribution in [1.82, 2.24) is 10.2 Å². The number of benzene rings is 2. The van der Waals surface area contributed by atoms with Crippen molar-refractivity contribution in [1.29, 1.82) is 0 Å². The van der Waals surface area contributed by atoms with E-state index in [0.29, 0.717) is 0 Å². The van der Waals surface area contributed by atoms with Gasteiger partial charge in [-0.2, -0.15) is 0 Å². The topological polar surface area (TPSA) is 32.3 Å². The summed E-state index contributed by atoms with van der Waals surface area (Å²) in [5, 5.41) is 4.08. The Labute approximate surface area is 173 Å². The summed E-state index contributed by atoms with van der Waals surface area (Å²) in [7, 11) is 0. The molecule has 1 aliphatic heterocycles. The Bertz CT molecular complexity index is 842. The predicted octanol–water partition coefficient (Wildman–Crippen LogP) is 4.92. The number of nitrogens with one attached hydrogen (secondary N) is 1. The molecule has 28 heavy (non-hydrogen) atoms. The van der Waals surface area contributed by atoms with Gasteiger partial charge in [0.05, 0.1) is 6.04 Å². The Kier molecular flexibility index (Phi) is 6.03. The lowest BCUT2D eigenvalue weighted by Crippen LogP contribution is -2.40. The first kappa shape index (κ1) is 19.5. The summed E-state index contributed by atoms with van der Waals surface area (Å²) in [5.41, 5.74) is 5.34. The second-order valence-corrected chi connectivity index (χ2v) is 8.66. The highest BCUT2D eigenvalue weighted by atomic mass is 35.5. The van der Waals surface area contributed by atoms with Crippen LogP contribution in [0.25, 0.3) is 0 Å². The van der Waals surface area contributed by atoms with Crippen molar-refractivity contribution in [2.24, 2.45) is 5.92 Å². The SMILES string of the molecule is C[C@H](NC(=O)C1CCN(Cc2ccccc2Cl)CC1)c1ccc2c(c1)CCC2. The number of amides is 1. The van der Waals surface area contributed by atoms with Crippen molar-refractivity contribution in [3.63, 3.8) is 0 Å². The Morgan fingerprint density at radius 1 is 1.14 bits per heavy atom. The summed E-state index contributed by atoms with van der Waals surface area (Å²) in [4.78, 5) is 15.2. The van der Waals surface area contributed by atoms with Crippen LogP contribution in [0.2, 0.25) is 5.02 Å². The quantitative estimate of drug-likeness (QED) is 0.778. The van der Waals surface area contributed by atoms with Crippen LogP contribution < -0.4 is 5.32 Å². The number of aryl methyl sites for hydroxylation is 2. The maximum absolute atomic E-state index is 12.8. The summed E-state index contributed by atoms with van der Waals surface area (Å²) in [6.07, 6.45) is 5.45. The Hall–Kier alpha value is -1.84. The highest BCUT2D eigenvalue weighted by Crippen LogP contribution is 2.27. The van der Waals surface area contributed by atoms with E-state index < -0.39 is 0 Å². The molecule has 1 aliphatic carbocycles. The van der Waals surface area contributed by atoms with Crippen LogP contribution in [0.4, 0.5) is 0 Å². The van der Waals surface area contributed by atoms with Gasteiger partial charge in [-0.15, -0.1) is 0 Å². The van der Waals surface area contributed by atoms with E-state index in [-0.39, 0.29) is 17.9 Å². The molecule has 2 aliphatic rings. The number of nitrogens with zero attached hydrogens (tertiary/aromatic N) is 1. The number of hydrogen-bond acceptors (Lipinski definition) is 2. The van der Waals surface area contributed by atoms with E-state index in [0.717, 1.165) is 43.1 Å². The number of likely N-dealkylation sites (tertiary alicyclic amines) is 1. The Morgan fingerprint density at radius 3 is 2.68 bits per heavy atom. The number of hydrogen-bond donors (Lipinski definition) is 1. The molecule has 1 saturated heterocycles. The van der Waals surface area contributed by atoms with Crippen molar-refractivity contribution >= 4 is 17.5 Å². The third-order valence-corrected chi connectivity index (χ3v) is 6.66. The smallest absolute Gasteiger partial charge is 0.223 e. The van der Waals surface area contributed by atoms with E-state index in [2.05, 4.69) is 41.4 Å². The van der Waals surface area contributed by atoms with Crippen LogP contribution in [0, 0.1) is 5.92 Å². The number of rotatable bonds is 5. The normalized spacial score (nSPS) is 18.6. The van der Waals surface area contributed by atoms with Crippen molar-refractivity contribution in [3.8, 4) is 0 Å². The zero-order valence-electron chi connectivity index (χ0n) is 16.6. The summed E-state index contributed by atoms with van der Waals surface area (Å²) in [5.74, 6) is 0.310. The molecule has 0 bridgehead atoms. The van der Waals surface area contributed by atoms with Crippen LogP contribution in [0.1, 0.15) is 54.5 Å². The van der Waals surface area contributed by atoms with Gasteiger partial charge >= 0.3 is 0 Å². The monoisotopic (exact) mass is 396 g/mol. The van der Waals surface area contributed by atoms with Gasteiger partial charge in [0.25, 0.3) is 0 Å². The summed E-state index contributed by atoms with van der Waals surface area (Å²) in [6, 6.07) is 14.8. The average molecular weight is 397 g/mol. The van der Waals surface area contributed by atoms with Crippen molar-refractivity contribution in [2.45, 2.75) is 51.6 Å². The summed E-state index contributed by atoms with van der Waals surface area (Å²) in [6.45, 7) is 4.84. The molecule has 1 N–H and O–H groups in total. The van der Waals surface area contributed by atoms with Crippen LogP contribution in [-0.4, -0.2) is 23.9 Å². The van der Waals surface area contributed by atoms with Crippen LogP contribution >= 0.6 is 11.6 Å². The molecule has 0 aromatic heterocycles. The number of fused-ring (bicyclic) bond motifs is 1. The van der Waals surface area contributed by atoms with Crippen LogP contribution in [0.3, 0.4) is 0 Å². The lowest BCUT2D eigenvalue weighted by molar-refractivity contribution is -0.127. The summed E-state index contributed by atoms with van der Waals surface area (Å²) < 4.78 is 0. The minimum absolute atomic E-state index is 0.0690. The fourth-order valence-corrected chi connectivity index (χ4v) is 4.69. The predicted molar refractivity (Wildman–Crippen MR) is 114 cm³/mol. The zero-order chi connectivity index (χ0) is 19.5. The zero-order valence-corrected chi connectivity index (χ0v) is 17.3. The lowest BCUT2D eigenvalue weighted by Gasteiger charge is -2.32. The molecule has 0 spiro atoms. The molecule has 1 heterocycles. The molecular formula is C24H29ClN2O. The molecular weight excluding hydrogens is 368 g/mol. The molecule has 3 nitrogen and oxygen atoms in total. The standard InChI is InChI=1S/C24H29ClN2O/c1-17(20-10-9-18-6-4-7-21(18)15-20)26-24(28)19-11-13-27(14-12-19)16-22-5-2-3-8-23(22)25/h2-3,5,8-10,15,17,19H,4,6-7,11-14,16H2,1H3,(H,26,28)/t17-/m0/s1. The van der Waals surface area contributed by atoms with Gasteiger partial charge in [-0.05, 0) is 80.4 Å². The van der Waals surface area contributed by atoms with E-state index in [4.69, 9.17) is 11.6 Å². The molecule has 4 heteroatoms. The minimum Gasteiger partial charge on any atom is -0.349 e. The highest BCUT2D eigenvalue weighted by molar-refractivity contribution is 6.31. The maximum atomic E-state index is 12.8. The van der Waals surface area contributed by atoms with Crippen LogP contribution in [0.15, 0.2) is 42.5 Å². The first-order chi connectivity index (χ1) is 13.6. The molecule has 148 valence electrons. The van der Waals surface area contributed by atoms with E-state index in [9.17, 15) is 4.79 Å². The lowest BCUT2D eigenvalue weighted by atomic mass is 9.94. The van der Waals surface area contributed by atoms with Crippen LogP contribution in [-0.2, 0) is 24.2 Å². The van der Waals surface area contributed by atoms with Gasteiger partial charge in [0.1, 0.15) is 0 Å². The van der Waals surface area contributed by atoms with E-state index in [1.54, 1.807) is 0 Å². The second-order valence-electron chi connectivity index (χ2n) is 8.25. The van der Waals surface area contributed by atoms with Crippen molar-refractivity contribution in [2.75, 3.05) is 13.1 Å². The maximum Gasteiger partial charge on any atom is 0.223 e. The third-order valence-electron chi connectivity index (χ3n) is 6.29. The Morgan fingerprint density at radius 2 is 1.89 bits per heavy atom. The first-order valence-corrected chi connectivity index (χ1v) is 10.9. The van der Waals surface area contributed by atoms with Gasteiger partial charge < -0.3 is 5.32 Å². The van der Waals surface area contributed by atoms with E-state index >= 15 is 0 Å². The van der Waals surface area contributed by atoms with Gasteiger partial charge in [-0.25, -0.2) is 0 Å². The van der Waals surface area contributed by atoms with Gasteiger partial charge in [0.2, 0.25) is 5.91 Å². The molecule has 0 radical (unpaired) electrons. The molecule has 4 rings (SSSR count). The molecule has 2 aromatic carbocycles. The molecule has 1 fully saturated rings. The highest BCUT2D eigenvalue weighted by Gasteiger charge is 2.26. The Balaban J connectivity index is 1.28. The minimum atomic E-state index is 0.0690. The van der Waals surface area contributed by atoms with Gasteiger partial charge in [0, 0.05) is 17.5 Å². The first-order valence-electron chi connectivity index (χ1n) is 10.5. The summed E-state index contributed by atoms with van der Waals surface area (Å²) >= 11 is 6.28. The third kappa shape index (κ3) is 4.42. The number of piperidine rings is 1. The van der Waals surface area contributed by atoms with E-state index in [1.807, 2.05) is 18.2 Å². The number of carbonyl (C=O) groups excluding carboxylic acids is 1.